The Labute approximate surface area is 123 Å². The Morgan fingerprint density at radius 1 is 1.37 bits per heavy atom. The van der Waals surface area contributed by atoms with Crippen LogP contribution in [0.1, 0.15) is 31.7 Å². The molecule has 4 heteroatoms. The Hall–Kier alpha value is -0.580. The van der Waals surface area contributed by atoms with Gasteiger partial charge in [-0.25, -0.2) is 0 Å². The second-order valence-electron chi connectivity index (χ2n) is 4.98. The zero-order chi connectivity index (χ0) is 13.5. The lowest BCUT2D eigenvalue weighted by atomic mass is 10.2. The third-order valence-electron chi connectivity index (χ3n) is 3.13. The lowest BCUT2D eigenvalue weighted by Gasteiger charge is -2.14. The molecule has 0 heterocycles. The monoisotopic (exact) mass is 327 g/mol. The van der Waals surface area contributed by atoms with Crippen LogP contribution >= 0.6 is 15.9 Å². The fraction of sp³-hybridized carbons (Fsp3) is 0.600. The van der Waals surface area contributed by atoms with Gasteiger partial charge in [-0.2, -0.15) is 0 Å². The van der Waals surface area contributed by atoms with E-state index in [1.165, 1.54) is 12.8 Å². The number of ether oxygens (including phenoxy) is 2. The van der Waals surface area contributed by atoms with Crippen LogP contribution in [0.3, 0.4) is 0 Å². The van der Waals surface area contributed by atoms with Gasteiger partial charge >= 0.3 is 0 Å². The third-order valence-corrected chi connectivity index (χ3v) is 3.75. The van der Waals surface area contributed by atoms with E-state index in [1.54, 1.807) is 0 Å². The molecule has 0 amide bonds. The van der Waals surface area contributed by atoms with Gasteiger partial charge in [0.25, 0.3) is 0 Å². The lowest BCUT2D eigenvalue weighted by Crippen LogP contribution is -2.15. The fourth-order valence-electron chi connectivity index (χ4n) is 1.85. The quantitative estimate of drug-likeness (QED) is 0.554. The van der Waals surface area contributed by atoms with Crippen molar-refractivity contribution in [3.63, 3.8) is 0 Å². The van der Waals surface area contributed by atoms with E-state index in [2.05, 4.69) is 34.2 Å². The number of halogens is 1. The van der Waals surface area contributed by atoms with Crippen molar-refractivity contribution in [2.24, 2.45) is 5.92 Å². The number of para-hydroxylation sites is 1. The Morgan fingerprint density at radius 3 is 2.95 bits per heavy atom. The molecule has 19 heavy (non-hydrogen) atoms. The first-order valence-corrected chi connectivity index (χ1v) is 7.79. The highest BCUT2D eigenvalue weighted by Crippen LogP contribution is 2.30. The maximum Gasteiger partial charge on any atom is 0.189 e. The molecule has 1 aliphatic carbocycles. The summed E-state index contributed by atoms with van der Waals surface area (Å²) in [6.07, 6.45) is 3.75. The van der Waals surface area contributed by atoms with E-state index in [0.29, 0.717) is 6.79 Å². The molecule has 1 fully saturated rings. The van der Waals surface area contributed by atoms with E-state index in [4.69, 9.17) is 9.47 Å². The van der Waals surface area contributed by atoms with Gasteiger partial charge in [0.1, 0.15) is 5.75 Å². The number of hydrogen-bond acceptors (Lipinski definition) is 3. The molecule has 0 radical (unpaired) electrons. The van der Waals surface area contributed by atoms with E-state index in [0.717, 1.165) is 47.8 Å². The first-order valence-electron chi connectivity index (χ1n) is 7.00. The molecule has 1 N–H and O–H groups in total. The summed E-state index contributed by atoms with van der Waals surface area (Å²) in [7, 11) is 0. The van der Waals surface area contributed by atoms with Crippen LogP contribution < -0.4 is 10.1 Å². The maximum atomic E-state index is 5.77. The standard InChI is InChI=1S/C15H22BrNO2/c1-2-8-17-9-13-4-3-5-14(16)15(13)19-11-18-10-12-6-7-12/h3-5,12,17H,2,6-11H2,1H3. The van der Waals surface area contributed by atoms with Gasteiger partial charge in [0.15, 0.2) is 6.79 Å². The SMILES string of the molecule is CCCNCc1cccc(Br)c1OCOCC1CC1. The van der Waals surface area contributed by atoms with E-state index in [9.17, 15) is 0 Å². The molecule has 1 aromatic carbocycles. The molecule has 1 aliphatic rings. The Bertz CT molecular complexity index is 394. The molecule has 1 saturated carbocycles. The van der Waals surface area contributed by atoms with Crippen molar-refractivity contribution in [3.05, 3.63) is 28.2 Å². The molecule has 0 aliphatic heterocycles. The molecule has 1 aromatic rings. The number of nitrogens with one attached hydrogen (secondary N) is 1. The third kappa shape index (κ3) is 5.13. The van der Waals surface area contributed by atoms with Crippen LogP contribution in [-0.4, -0.2) is 19.9 Å². The summed E-state index contributed by atoms with van der Waals surface area (Å²) in [5.41, 5.74) is 1.16. The fourth-order valence-corrected chi connectivity index (χ4v) is 2.38. The van der Waals surface area contributed by atoms with Crippen LogP contribution in [0.15, 0.2) is 22.7 Å². The van der Waals surface area contributed by atoms with Gasteiger partial charge in [-0.1, -0.05) is 19.1 Å². The second kappa shape index (κ2) is 7.88. The Balaban J connectivity index is 1.84. The summed E-state index contributed by atoms with van der Waals surface area (Å²) in [4.78, 5) is 0. The highest BCUT2D eigenvalue weighted by atomic mass is 79.9. The molecule has 0 bridgehead atoms. The minimum Gasteiger partial charge on any atom is -0.466 e. The smallest absolute Gasteiger partial charge is 0.189 e. The van der Waals surface area contributed by atoms with Crippen molar-refractivity contribution in [2.75, 3.05) is 19.9 Å². The highest BCUT2D eigenvalue weighted by molar-refractivity contribution is 9.10. The summed E-state index contributed by atoms with van der Waals surface area (Å²) >= 11 is 3.54. The summed E-state index contributed by atoms with van der Waals surface area (Å²) in [5, 5.41) is 3.40. The average Bonchev–Trinajstić information content (AvgIpc) is 3.21. The van der Waals surface area contributed by atoms with Crippen molar-refractivity contribution in [1.82, 2.24) is 5.32 Å². The number of benzene rings is 1. The summed E-state index contributed by atoms with van der Waals surface area (Å²) < 4.78 is 12.3. The molecular weight excluding hydrogens is 306 g/mol. The Kier molecular flexibility index (Phi) is 6.14. The normalized spacial score (nSPS) is 14.6. The predicted molar refractivity (Wildman–Crippen MR) is 80.3 cm³/mol. The summed E-state index contributed by atoms with van der Waals surface area (Å²) in [6.45, 7) is 5.17. The van der Waals surface area contributed by atoms with Crippen molar-refractivity contribution >= 4 is 15.9 Å². The van der Waals surface area contributed by atoms with E-state index in [-0.39, 0.29) is 0 Å². The van der Waals surface area contributed by atoms with Gasteiger partial charge in [0, 0.05) is 12.1 Å². The molecule has 0 unspecified atom stereocenters. The molecule has 0 saturated heterocycles. The van der Waals surface area contributed by atoms with Crippen LogP contribution in [-0.2, 0) is 11.3 Å². The molecule has 0 spiro atoms. The van der Waals surface area contributed by atoms with Crippen molar-refractivity contribution in [2.45, 2.75) is 32.7 Å². The highest BCUT2D eigenvalue weighted by Gasteiger charge is 2.21. The summed E-state index contributed by atoms with van der Waals surface area (Å²) in [6, 6.07) is 6.12. The minimum absolute atomic E-state index is 0.333. The lowest BCUT2D eigenvalue weighted by molar-refractivity contribution is 0.00899. The van der Waals surface area contributed by atoms with E-state index < -0.39 is 0 Å². The number of hydrogen-bond donors (Lipinski definition) is 1. The van der Waals surface area contributed by atoms with Crippen LogP contribution in [0.5, 0.6) is 5.75 Å². The minimum atomic E-state index is 0.333. The van der Waals surface area contributed by atoms with Gasteiger partial charge in [0.2, 0.25) is 0 Å². The summed E-state index contributed by atoms with van der Waals surface area (Å²) in [5.74, 6) is 1.66. The molecule has 2 rings (SSSR count). The van der Waals surface area contributed by atoms with E-state index in [1.807, 2.05) is 12.1 Å². The average molecular weight is 328 g/mol. The molecule has 106 valence electrons. The zero-order valence-electron chi connectivity index (χ0n) is 11.5. The molecule has 0 atom stereocenters. The van der Waals surface area contributed by atoms with Crippen LogP contribution in [0.4, 0.5) is 0 Å². The molecule has 0 aromatic heterocycles. The van der Waals surface area contributed by atoms with Gasteiger partial charge < -0.3 is 14.8 Å². The first-order chi connectivity index (χ1) is 9.31. The Morgan fingerprint density at radius 2 is 2.21 bits per heavy atom. The largest absolute Gasteiger partial charge is 0.466 e. The van der Waals surface area contributed by atoms with Gasteiger partial charge in [-0.05, 0) is 53.7 Å². The first kappa shape index (κ1) is 14.8. The van der Waals surface area contributed by atoms with Gasteiger partial charge in [0.05, 0.1) is 11.1 Å². The molecular formula is C15H22BrNO2. The number of rotatable bonds is 9. The van der Waals surface area contributed by atoms with Crippen molar-refractivity contribution in [3.8, 4) is 5.75 Å². The van der Waals surface area contributed by atoms with Crippen LogP contribution in [0, 0.1) is 5.92 Å². The topological polar surface area (TPSA) is 30.5 Å². The van der Waals surface area contributed by atoms with Crippen molar-refractivity contribution in [1.29, 1.82) is 0 Å². The molecule has 3 nitrogen and oxygen atoms in total. The van der Waals surface area contributed by atoms with Gasteiger partial charge in [-0.3, -0.25) is 0 Å². The van der Waals surface area contributed by atoms with Crippen LogP contribution in [0.2, 0.25) is 0 Å². The van der Waals surface area contributed by atoms with Gasteiger partial charge in [-0.15, -0.1) is 0 Å². The predicted octanol–water partition coefficient (Wildman–Crippen LogP) is 3.71. The van der Waals surface area contributed by atoms with Crippen molar-refractivity contribution < 1.29 is 9.47 Å². The van der Waals surface area contributed by atoms with E-state index >= 15 is 0 Å². The zero-order valence-corrected chi connectivity index (χ0v) is 13.0. The van der Waals surface area contributed by atoms with Crippen LogP contribution in [0.25, 0.3) is 0 Å². The maximum absolute atomic E-state index is 5.77. The second-order valence-corrected chi connectivity index (χ2v) is 5.84.